The summed E-state index contributed by atoms with van der Waals surface area (Å²) in [5.74, 6) is -1.57. The number of anilines is 1. The van der Waals surface area contributed by atoms with E-state index in [2.05, 4.69) is 5.32 Å². The molecule has 1 N–H and O–H groups in total. The van der Waals surface area contributed by atoms with Gasteiger partial charge < -0.3 is 10.1 Å². The second kappa shape index (κ2) is 6.94. The fourth-order valence-electron chi connectivity index (χ4n) is 2.11. The summed E-state index contributed by atoms with van der Waals surface area (Å²) in [7, 11) is -4.42. The van der Waals surface area contributed by atoms with Crippen LogP contribution in [0.5, 0.6) is 5.75 Å². The van der Waals surface area contributed by atoms with E-state index in [0.29, 0.717) is 17.7 Å². The summed E-state index contributed by atoms with van der Waals surface area (Å²) in [6, 6.07) is 5.77. The van der Waals surface area contributed by atoms with Crippen molar-refractivity contribution in [2.24, 2.45) is 0 Å². The van der Waals surface area contributed by atoms with Gasteiger partial charge in [0.1, 0.15) is 11.6 Å². The van der Waals surface area contributed by atoms with E-state index in [9.17, 15) is 30.8 Å². The molecule has 2 rings (SSSR count). The van der Waals surface area contributed by atoms with Gasteiger partial charge in [-0.05, 0) is 42.8 Å². The number of nitrogens with one attached hydrogen (secondary N) is 1. The van der Waals surface area contributed by atoms with Crippen LogP contribution in [0.3, 0.4) is 0 Å². The Balaban J connectivity index is 2.47. The van der Waals surface area contributed by atoms with E-state index in [1.807, 2.05) is 0 Å². The molecule has 5 nitrogen and oxygen atoms in total. The summed E-state index contributed by atoms with van der Waals surface area (Å²) >= 11 is 0. The lowest BCUT2D eigenvalue weighted by Crippen LogP contribution is -2.23. The fraction of sp³-hybridized carbons (Fsp3) is 0.188. The maximum absolute atomic E-state index is 13.3. The van der Waals surface area contributed by atoms with Crippen LogP contribution in [-0.4, -0.2) is 26.9 Å². The number of benzene rings is 2. The van der Waals surface area contributed by atoms with E-state index in [1.54, 1.807) is 0 Å². The number of methoxy groups -OCH3 is 1. The van der Waals surface area contributed by atoms with Gasteiger partial charge in [-0.1, -0.05) is 6.07 Å². The van der Waals surface area contributed by atoms with Crippen molar-refractivity contribution in [1.29, 1.82) is 0 Å². The standard InChI is InChI=1S/C16H13F4NO4S/c1-9-3-4-10(17)7-12(9)15(22)21-13-8-11(5-6-14(13)25-2)26(23,24)16(18,19)20/h3-8H,1-2H3,(H,21,22). The van der Waals surface area contributed by atoms with Crippen molar-refractivity contribution in [2.45, 2.75) is 17.3 Å². The quantitative estimate of drug-likeness (QED) is 0.807. The number of alkyl halides is 3. The average molecular weight is 391 g/mol. The van der Waals surface area contributed by atoms with Crippen molar-refractivity contribution < 1.29 is 35.5 Å². The molecule has 1 amide bonds. The number of aryl methyl sites for hydroxylation is 1. The van der Waals surface area contributed by atoms with Crippen LogP contribution >= 0.6 is 0 Å². The lowest BCUT2D eigenvalue weighted by Gasteiger charge is -2.14. The highest BCUT2D eigenvalue weighted by Gasteiger charge is 2.47. The molecule has 0 heterocycles. The largest absolute Gasteiger partial charge is 0.501 e. The Morgan fingerprint density at radius 1 is 1.12 bits per heavy atom. The highest BCUT2D eigenvalue weighted by atomic mass is 32.2. The monoisotopic (exact) mass is 391 g/mol. The van der Waals surface area contributed by atoms with Gasteiger partial charge in [0, 0.05) is 5.56 Å². The first-order valence-corrected chi connectivity index (χ1v) is 8.52. The molecule has 2 aromatic rings. The first kappa shape index (κ1) is 19.7. The minimum absolute atomic E-state index is 0.0591. The van der Waals surface area contributed by atoms with Gasteiger partial charge in [-0.2, -0.15) is 13.2 Å². The summed E-state index contributed by atoms with van der Waals surface area (Å²) in [5.41, 5.74) is -5.44. The molecule has 26 heavy (non-hydrogen) atoms. The Hall–Kier alpha value is -2.62. The van der Waals surface area contributed by atoms with Crippen LogP contribution in [0.2, 0.25) is 0 Å². The zero-order valence-corrected chi connectivity index (χ0v) is 14.3. The summed E-state index contributed by atoms with van der Waals surface area (Å²) in [4.78, 5) is 11.2. The van der Waals surface area contributed by atoms with Crippen LogP contribution in [0, 0.1) is 12.7 Å². The van der Waals surface area contributed by atoms with E-state index in [-0.39, 0.29) is 17.0 Å². The number of hydrogen-bond acceptors (Lipinski definition) is 4. The maximum atomic E-state index is 13.3. The summed E-state index contributed by atoms with van der Waals surface area (Å²) in [5, 5.41) is 2.25. The minimum atomic E-state index is -5.61. The lowest BCUT2D eigenvalue weighted by molar-refractivity contribution is -0.0436. The number of amides is 1. The molecule has 0 radical (unpaired) electrons. The fourth-order valence-corrected chi connectivity index (χ4v) is 2.90. The van der Waals surface area contributed by atoms with Crippen molar-refractivity contribution in [3.63, 3.8) is 0 Å². The molecule has 140 valence electrons. The van der Waals surface area contributed by atoms with E-state index in [4.69, 9.17) is 4.74 Å². The molecule has 0 spiro atoms. The van der Waals surface area contributed by atoms with E-state index < -0.39 is 32.0 Å². The number of carbonyl (C=O) groups is 1. The number of carbonyl (C=O) groups excluding carboxylic acids is 1. The molecule has 0 aliphatic heterocycles. The molecular weight excluding hydrogens is 378 g/mol. The van der Waals surface area contributed by atoms with Crippen molar-refractivity contribution in [3.8, 4) is 5.75 Å². The Morgan fingerprint density at radius 3 is 2.35 bits per heavy atom. The molecular formula is C16H13F4NO4S. The maximum Gasteiger partial charge on any atom is 0.501 e. The van der Waals surface area contributed by atoms with Gasteiger partial charge in [-0.3, -0.25) is 4.79 Å². The third kappa shape index (κ3) is 3.79. The van der Waals surface area contributed by atoms with Crippen LogP contribution in [-0.2, 0) is 9.84 Å². The second-order valence-electron chi connectivity index (χ2n) is 5.22. The van der Waals surface area contributed by atoms with Crippen molar-refractivity contribution >= 4 is 21.4 Å². The van der Waals surface area contributed by atoms with Gasteiger partial charge in [0.05, 0.1) is 17.7 Å². The Labute approximate surface area is 146 Å². The molecule has 0 saturated carbocycles. The zero-order valence-electron chi connectivity index (χ0n) is 13.5. The number of hydrogen-bond donors (Lipinski definition) is 1. The molecule has 2 aromatic carbocycles. The number of halogens is 4. The van der Waals surface area contributed by atoms with Gasteiger partial charge in [0.2, 0.25) is 0 Å². The molecule has 0 aromatic heterocycles. The molecule has 0 saturated heterocycles. The third-order valence-electron chi connectivity index (χ3n) is 3.48. The molecule has 0 fully saturated rings. The molecule has 0 aliphatic rings. The van der Waals surface area contributed by atoms with Crippen LogP contribution < -0.4 is 10.1 Å². The van der Waals surface area contributed by atoms with E-state index in [1.165, 1.54) is 20.1 Å². The molecule has 0 unspecified atom stereocenters. The van der Waals surface area contributed by atoms with Crippen molar-refractivity contribution in [3.05, 3.63) is 53.3 Å². The SMILES string of the molecule is COc1ccc(S(=O)(=O)C(F)(F)F)cc1NC(=O)c1cc(F)ccc1C. The normalized spacial score (nSPS) is 11.9. The van der Waals surface area contributed by atoms with Gasteiger partial charge in [-0.25, -0.2) is 12.8 Å². The topological polar surface area (TPSA) is 72.5 Å². The minimum Gasteiger partial charge on any atom is -0.495 e. The number of rotatable bonds is 4. The molecule has 0 aliphatic carbocycles. The van der Waals surface area contributed by atoms with Crippen LogP contribution in [0.1, 0.15) is 15.9 Å². The average Bonchev–Trinajstić information content (AvgIpc) is 2.55. The predicted molar refractivity (Wildman–Crippen MR) is 85.3 cm³/mol. The Bertz CT molecular complexity index is 955. The number of sulfone groups is 1. The Morgan fingerprint density at radius 2 is 1.77 bits per heavy atom. The Kier molecular flexibility index (Phi) is 5.26. The summed E-state index contributed by atoms with van der Waals surface area (Å²) in [6.07, 6.45) is 0. The zero-order chi connectivity index (χ0) is 19.7. The van der Waals surface area contributed by atoms with Gasteiger partial charge in [0.15, 0.2) is 0 Å². The van der Waals surface area contributed by atoms with Gasteiger partial charge >= 0.3 is 5.51 Å². The van der Waals surface area contributed by atoms with Crippen molar-refractivity contribution in [1.82, 2.24) is 0 Å². The van der Waals surface area contributed by atoms with Crippen LogP contribution in [0.25, 0.3) is 0 Å². The molecule has 0 bridgehead atoms. The second-order valence-corrected chi connectivity index (χ2v) is 7.17. The molecule has 10 heteroatoms. The lowest BCUT2D eigenvalue weighted by atomic mass is 10.1. The highest BCUT2D eigenvalue weighted by molar-refractivity contribution is 7.92. The van der Waals surface area contributed by atoms with Gasteiger partial charge in [0.25, 0.3) is 15.7 Å². The summed E-state index contributed by atoms with van der Waals surface area (Å²) < 4.78 is 79.5. The third-order valence-corrected chi connectivity index (χ3v) is 4.96. The van der Waals surface area contributed by atoms with Crippen molar-refractivity contribution in [2.75, 3.05) is 12.4 Å². The smallest absolute Gasteiger partial charge is 0.495 e. The first-order valence-electron chi connectivity index (χ1n) is 7.04. The summed E-state index contributed by atoms with van der Waals surface area (Å²) in [6.45, 7) is 1.54. The predicted octanol–water partition coefficient (Wildman–Crippen LogP) is 3.69. The van der Waals surface area contributed by atoms with Gasteiger partial charge in [-0.15, -0.1) is 0 Å². The molecule has 0 atom stereocenters. The highest BCUT2D eigenvalue weighted by Crippen LogP contribution is 2.34. The van der Waals surface area contributed by atoms with E-state index in [0.717, 1.165) is 18.2 Å². The van der Waals surface area contributed by atoms with Crippen LogP contribution in [0.15, 0.2) is 41.3 Å². The van der Waals surface area contributed by atoms with E-state index >= 15 is 0 Å². The van der Waals surface area contributed by atoms with Crippen LogP contribution in [0.4, 0.5) is 23.2 Å². The number of ether oxygens (including phenoxy) is 1. The first-order chi connectivity index (χ1) is 12.0.